The van der Waals surface area contributed by atoms with Gasteiger partial charge < -0.3 is 9.47 Å². The first-order valence-electron chi connectivity index (χ1n) is 5.51. The first-order chi connectivity index (χ1) is 8.50. The van der Waals surface area contributed by atoms with E-state index in [-0.39, 0.29) is 11.9 Å². The quantitative estimate of drug-likeness (QED) is 0.788. The topological polar surface area (TPSA) is 18.5 Å². The average molecular weight is 325 g/mol. The van der Waals surface area contributed by atoms with E-state index in [1.54, 1.807) is 6.07 Å². The van der Waals surface area contributed by atoms with E-state index in [2.05, 4.69) is 15.9 Å². The molecular weight excluding hydrogens is 313 g/mol. The molecule has 1 fully saturated rings. The molecule has 1 aliphatic heterocycles. The van der Waals surface area contributed by atoms with Crippen LogP contribution in [0.15, 0.2) is 18.2 Å². The molecule has 1 heterocycles. The molecule has 1 aromatic carbocycles. The van der Waals surface area contributed by atoms with Crippen LogP contribution < -0.4 is 4.74 Å². The molecule has 0 bridgehead atoms. The summed E-state index contributed by atoms with van der Waals surface area (Å²) in [5.74, 6) is -0.122. The molecule has 0 radical (unpaired) electrons. The van der Waals surface area contributed by atoms with Gasteiger partial charge in [-0.2, -0.15) is 13.2 Å². The van der Waals surface area contributed by atoms with Gasteiger partial charge in [-0.25, -0.2) is 0 Å². The van der Waals surface area contributed by atoms with Crippen LogP contribution in [0, 0.1) is 0 Å². The molecule has 100 valence electrons. The third-order valence-electron chi connectivity index (χ3n) is 2.69. The van der Waals surface area contributed by atoms with E-state index in [9.17, 15) is 13.2 Å². The average Bonchev–Trinajstić information content (AvgIpc) is 2.81. The van der Waals surface area contributed by atoms with Crippen LogP contribution in [0.25, 0.3) is 0 Å². The molecule has 0 N–H and O–H groups in total. The lowest BCUT2D eigenvalue weighted by atomic mass is 10.1. The number of hydrogen-bond acceptors (Lipinski definition) is 2. The molecule has 0 amide bonds. The molecular formula is C12H12BrF3O2. The highest BCUT2D eigenvalue weighted by atomic mass is 79.9. The van der Waals surface area contributed by atoms with Crippen molar-refractivity contribution in [3.63, 3.8) is 0 Å². The maximum Gasteiger partial charge on any atom is 0.419 e. The van der Waals surface area contributed by atoms with Gasteiger partial charge in [-0.05, 0) is 17.7 Å². The Balaban J connectivity index is 2.27. The van der Waals surface area contributed by atoms with Crippen molar-refractivity contribution >= 4 is 15.9 Å². The molecule has 0 aromatic heterocycles. The minimum atomic E-state index is -4.41. The van der Waals surface area contributed by atoms with Crippen molar-refractivity contribution in [3.05, 3.63) is 29.3 Å². The Labute approximate surface area is 111 Å². The summed E-state index contributed by atoms with van der Waals surface area (Å²) in [7, 11) is 0. The third kappa shape index (κ3) is 3.17. The monoisotopic (exact) mass is 324 g/mol. The van der Waals surface area contributed by atoms with Crippen LogP contribution in [0.3, 0.4) is 0 Å². The van der Waals surface area contributed by atoms with E-state index in [1.807, 2.05) is 0 Å². The van der Waals surface area contributed by atoms with Crippen LogP contribution in [0.5, 0.6) is 5.75 Å². The summed E-state index contributed by atoms with van der Waals surface area (Å²) in [5, 5.41) is 0.378. The van der Waals surface area contributed by atoms with Crippen molar-refractivity contribution in [2.75, 3.05) is 13.2 Å². The summed E-state index contributed by atoms with van der Waals surface area (Å²) in [6.07, 6.45) is -4.08. The summed E-state index contributed by atoms with van der Waals surface area (Å²) in [6.45, 7) is 0.878. The predicted molar refractivity (Wildman–Crippen MR) is 63.9 cm³/mol. The van der Waals surface area contributed by atoms with E-state index < -0.39 is 11.7 Å². The highest BCUT2D eigenvalue weighted by Gasteiger charge is 2.35. The summed E-state index contributed by atoms with van der Waals surface area (Å²) < 4.78 is 49.2. The molecule has 0 saturated carbocycles. The molecule has 1 unspecified atom stereocenters. The van der Waals surface area contributed by atoms with E-state index in [0.29, 0.717) is 30.5 Å². The van der Waals surface area contributed by atoms with Crippen molar-refractivity contribution in [1.29, 1.82) is 0 Å². The molecule has 0 spiro atoms. The molecule has 2 nitrogen and oxygen atoms in total. The van der Waals surface area contributed by atoms with Crippen LogP contribution in [0.4, 0.5) is 13.2 Å². The number of alkyl halides is 4. The SMILES string of the molecule is FC(F)(F)c1cc(CBr)ccc1OC1CCOC1. The Morgan fingerprint density at radius 1 is 1.39 bits per heavy atom. The van der Waals surface area contributed by atoms with Gasteiger partial charge >= 0.3 is 6.18 Å². The highest BCUT2D eigenvalue weighted by Crippen LogP contribution is 2.38. The number of benzene rings is 1. The third-order valence-corrected chi connectivity index (χ3v) is 3.33. The first-order valence-corrected chi connectivity index (χ1v) is 6.63. The van der Waals surface area contributed by atoms with Crippen LogP contribution >= 0.6 is 15.9 Å². The number of hydrogen-bond donors (Lipinski definition) is 0. The van der Waals surface area contributed by atoms with Crippen LogP contribution in [0.1, 0.15) is 17.5 Å². The molecule has 6 heteroatoms. The second kappa shape index (κ2) is 5.48. The normalized spacial score (nSPS) is 20.1. The standard InChI is InChI=1S/C12H12BrF3O2/c13-6-8-1-2-11(10(5-8)12(14,15)16)18-9-3-4-17-7-9/h1-2,5,9H,3-4,6-7H2. The first kappa shape index (κ1) is 13.7. The molecule has 0 aliphatic carbocycles. The smallest absolute Gasteiger partial charge is 0.419 e. The van der Waals surface area contributed by atoms with Crippen LogP contribution in [-0.2, 0) is 16.2 Å². The van der Waals surface area contributed by atoms with E-state index in [1.165, 1.54) is 6.07 Å². The number of rotatable bonds is 3. The Morgan fingerprint density at radius 3 is 2.72 bits per heavy atom. The van der Waals surface area contributed by atoms with Gasteiger partial charge in [0, 0.05) is 11.8 Å². The van der Waals surface area contributed by atoms with E-state index >= 15 is 0 Å². The van der Waals surface area contributed by atoms with Gasteiger partial charge in [0.25, 0.3) is 0 Å². The minimum absolute atomic E-state index is 0.122. The van der Waals surface area contributed by atoms with Gasteiger partial charge in [0.2, 0.25) is 0 Å². The van der Waals surface area contributed by atoms with Gasteiger partial charge in [0.05, 0.1) is 18.8 Å². The van der Waals surface area contributed by atoms with Gasteiger partial charge in [-0.15, -0.1) is 0 Å². The van der Waals surface area contributed by atoms with Crippen LogP contribution in [-0.4, -0.2) is 19.3 Å². The Hall–Kier alpha value is -0.750. The van der Waals surface area contributed by atoms with Gasteiger partial charge in [-0.1, -0.05) is 22.0 Å². The lowest BCUT2D eigenvalue weighted by molar-refractivity contribution is -0.139. The fourth-order valence-corrected chi connectivity index (χ4v) is 2.12. The van der Waals surface area contributed by atoms with E-state index in [0.717, 1.165) is 6.07 Å². The maximum atomic E-state index is 12.9. The highest BCUT2D eigenvalue weighted by molar-refractivity contribution is 9.08. The van der Waals surface area contributed by atoms with Crippen molar-refractivity contribution in [1.82, 2.24) is 0 Å². The summed E-state index contributed by atoms with van der Waals surface area (Å²) in [4.78, 5) is 0. The lowest BCUT2D eigenvalue weighted by Crippen LogP contribution is -2.18. The Morgan fingerprint density at radius 2 is 2.17 bits per heavy atom. The summed E-state index contributed by atoms with van der Waals surface area (Å²) in [5.41, 5.74) is -0.163. The number of ether oxygens (including phenoxy) is 2. The van der Waals surface area contributed by atoms with E-state index in [4.69, 9.17) is 9.47 Å². The molecule has 1 saturated heterocycles. The minimum Gasteiger partial charge on any atom is -0.487 e. The van der Waals surface area contributed by atoms with Crippen molar-refractivity contribution in [2.24, 2.45) is 0 Å². The molecule has 1 atom stereocenters. The molecule has 1 aliphatic rings. The van der Waals surface area contributed by atoms with Crippen molar-refractivity contribution < 1.29 is 22.6 Å². The second-order valence-corrected chi connectivity index (χ2v) is 4.63. The Kier molecular flexibility index (Phi) is 4.17. The second-order valence-electron chi connectivity index (χ2n) is 4.07. The zero-order valence-corrected chi connectivity index (χ0v) is 11.1. The summed E-state index contributed by atoms with van der Waals surface area (Å²) in [6, 6.07) is 4.10. The maximum absolute atomic E-state index is 12.9. The lowest BCUT2D eigenvalue weighted by Gasteiger charge is -2.18. The van der Waals surface area contributed by atoms with Crippen molar-refractivity contribution in [2.45, 2.75) is 24.0 Å². The van der Waals surface area contributed by atoms with Gasteiger partial charge in [0.15, 0.2) is 0 Å². The fraction of sp³-hybridized carbons (Fsp3) is 0.500. The summed E-state index contributed by atoms with van der Waals surface area (Å²) >= 11 is 3.14. The van der Waals surface area contributed by atoms with Crippen molar-refractivity contribution in [3.8, 4) is 5.75 Å². The van der Waals surface area contributed by atoms with Gasteiger partial charge in [-0.3, -0.25) is 0 Å². The molecule has 18 heavy (non-hydrogen) atoms. The number of halogens is 4. The fourth-order valence-electron chi connectivity index (χ4n) is 1.77. The Bertz CT molecular complexity index is 414. The zero-order valence-electron chi connectivity index (χ0n) is 9.47. The predicted octanol–water partition coefficient (Wildman–Crippen LogP) is 3.77. The van der Waals surface area contributed by atoms with Gasteiger partial charge in [0.1, 0.15) is 11.9 Å². The zero-order chi connectivity index (χ0) is 13.2. The molecule has 2 rings (SSSR count). The largest absolute Gasteiger partial charge is 0.487 e. The van der Waals surface area contributed by atoms with Crippen LogP contribution in [0.2, 0.25) is 0 Å². The molecule has 1 aromatic rings.